The minimum atomic E-state index is -0.693. The molecule has 1 aliphatic rings. The van der Waals surface area contributed by atoms with Crippen molar-refractivity contribution in [3.63, 3.8) is 0 Å². The third-order valence-electron chi connectivity index (χ3n) is 2.77. The van der Waals surface area contributed by atoms with Gasteiger partial charge < -0.3 is 11.1 Å². The van der Waals surface area contributed by atoms with E-state index in [4.69, 9.17) is 5.73 Å². The Kier molecular flexibility index (Phi) is 3.36. The number of benzene rings is 1. The van der Waals surface area contributed by atoms with E-state index in [1.807, 2.05) is 0 Å². The zero-order chi connectivity index (χ0) is 11.5. The molecule has 0 aromatic heterocycles. The van der Waals surface area contributed by atoms with E-state index in [-0.39, 0.29) is 5.69 Å². The van der Waals surface area contributed by atoms with Crippen molar-refractivity contribution in [2.24, 2.45) is 0 Å². The van der Waals surface area contributed by atoms with Crippen LogP contribution in [-0.2, 0) is 6.54 Å². The van der Waals surface area contributed by atoms with Gasteiger partial charge in [-0.25, -0.2) is 8.78 Å². The SMILES string of the molecule is Nc1cc(CN2CCNCC2)c(F)cc1F. The van der Waals surface area contributed by atoms with Gasteiger partial charge in [0.25, 0.3) is 0 Å². The number of anilines is 1. The summed E-state index contributed by atoms with van der Waals surface area (Å²) in [7, 11) is 0. The van der Waals surface area contributed by atoms with E-state index in [0.29, 0.717) is 12.1 Å². The van der Waals surface area contributed by atoms with Gasteiger partial charge >= 0.3 is 0 Å². The van der Waals surface area contributed by atoms with E-state index >= 15 is 0 Å². The summed E-state index contributed by atoms with van der Waals surface area (Å²) in [5.41, 5.74) is 5.89. The van der Waals surface area contributed by atoms with Crippen molar-refractivity contribution in [2.75, 3.05) is 31.9 Å². The first-order chi connectivity index (χ1) is 7.66. The summed E-state index contributed by atoms with van der Waals surface area (Å²) in [6.07, 6.45) is 0. The Bertz CT molecular complexity index is 376. The van der Waals surface area contributed by atoms with Crippen LogP contribution in [0.15, 0.2) is 12.1 Å². The lowest BCUT2D eigenvalue weighted by atomic mass is 10.1. The zero-order valence-corrected chi connectivity index (χ0v) is 8.97. The second-order valence-corrected chi connectivity index (χ2v) is 3.99. The predicted octanol–water partition coefficient (Wildman–Crippen LogP) is 0.952. The third-order valence-corrected chi connectivity index (χ3v) is 2.77. The highest BCUT2D eigenvalue weighted by molar-refractivity contribution is 5.43. The Morgan fingerprint density at radius 3 is 2.56 bits per heavy atom. The fourth-order valence-corrected chi connectivity index (χ4v) is 1.84. The Hall–Kier alpha value is -1.20. The molecule has 88 valence electrons. The highest BCUT2D eigenvalue weighted by atomic mass is 19.1. The number of nitrogens with two attached hydrogens (primary N) is 1. The van der Waals surface area contributed by atoms with Crippen LogP contribution < -0.4 is 11.1 Å². The average Bonchev–Trinajstić information content (AvgIpc) is 2.27. The lowest BCUT2D eigenvalue weighted by molar-refractivity contribution is 0.230. The summed E-state index contributed by atoms with van der Waals surface area (Å²) in [6, 6.07) is 2.24. The Balaban J connectivity index is 2.11. The van der Waals surface area contributed by atoms with Gasteiger partial charge in [-0.05, 0) is 6.07 Å². The van der Waals surface area contributed by atoms with Crippen LogP contribution in [0.4, 0.5) is 14.5 Å². The largest absolute Gasteiger partial charge is 0.396 e. The molecule has 1 aromatic carbocycles. The monoisotopic (exact) mass is 227 g/mol. The maximum Gasteiger partial charge on any atom is 0.149 e. The lowest BCUT2D eigenvalue weighted by Gasteiger charge is -2.27. The number of hydrogen-bond acceptors (Lipinski definition) is 3. The minimum Gasteiger partial charge on any atom is -0.396 e. The van der Waals surface area contributed by atoms with Gasteiger partial charge in [-0.2, -0.15) is 0 Å². The smallest absolute Gasteiger partial charge is 0.149 e. The molecule has 0 aliphatic carbocycles. The maximum atomic E-state index is 13.4. The summed E-state index contributed by atoms with van der Waals surface area (Å²) in [6.45, 7) is 4.03. The molecule has 1 saturated heterocycles. The molecule has 0 radical (unpaired) electrons. The molecule has 0 atom stereocenters. The van der Waals surface area contributed by atoms with Gasteiger partial charge in [0.2, 0.25) is 0 Å². The molecule has 0 amide bonds. The van der Waals surface area contributed by atoms with Crippen LogP contribution in [0, 0.1) is 11.6 Å². The van der Waals surface area contributed by atoms with Crippen molar-refractivity contribution < 1.29 is 8.78 Å². The molecule has 3 nitrogen and oxygen atoms in total. The van der Waals surface area contributed by atoms with Crippen LogP contribution in [0.3, 0.4) is 0 Å². The summed E-state index contributed by atoms with van der Waals surface area (Å²) in [5, 5.41) is 3.22. The van der Waals surface area contributed by atoms with Crippen LogP contribution in [0.1, 0.15) is 5.56 Å². The molecule has 5 heteroatoms. The summed E-state index contributed by atoms with van der Waals surface area (Å²) >= 11 is 0. The molecule has 16 heavy (non-hydrogen) atoms. The first-order valence-electron chi connectivity index (χ1n) is 5.33. The van der Waals surface area contributed by atoms with Crippen LogP contribution in [0.25, 0.3) is 0 Å². The van der Waals surface area contributed by atoms with Gasteiger partial charge in [0.15, 0.2) is 0 Å². The van der Waals surface area contributed by atoms with Crippen LogP contribution in [0.5, 0.6) is 0 Å². The van der Waals surface area contributed by atoms with Gasteiger partial charge in [0.1, 0.15) is 11.6 Å². The summed E-state index contributed by atoms with van der Waals surface area (Å²) in [4.78, 5) is 2.12. The Labute approximate surface area is 93.2 Å². The van der Waals surface area contributed by atoms with Crippen molar-refractivity contribution in [3.05, 3.63) is 29.3 Å². The van der Waals surface area contributed by atoms with Crippen molar-refractivity contribution in [2.45, 2.75) is 6.54 Å². The van der Waals surface area contributed by atoms with E-state index in [0.717, 1.165) is 32.2 Å². The van der Waals surface area contributed by atoms with Crippen molar-refractivity contribution in [1.29, 1.82) is 0 Å². The van der Waals surface area contributed by atoms with Crippen LogP contribution >= 0.6 is 0 Å². The van der Waals surface area contributed by atoms with Crippen LogP contribution in [0.2, 0.25) is 0 Å². The van der Waals surface area contributed by atoms with Crippen LogP contribution in [-0.4, -0.2) is 31.1 Å². The fraction of sp³-hybridized carbons (Fsp3) is 0.455. The van der Waals surface area contributed by atoms with Gasteiger partial charge in [-0.15, -0.1) is 0 Å². The number of halogens is 2. The number of piperazine rings is 1. The van der Waals surface area contributed by atoms with E-state index < -0.39 is 11.6 Å². The third kappa shape index (κ3) is 2.48. The number of rotatable bonds is 2. The second-order valence-electron chi connectivity index (χ2n) is 3.99. The molecule has 0 unspecified atom stereocenters. The lowest BCUT2D eigenvalue weighted by Crippen LogP contribution is -2.43. The normalized spacial score (nSPS) is 17.6. The molecule has 1 aliphatic heterocycles. The number of hydrogen-bond donors (Lipinski definition) is 2. The zero-order valence-electron chi connectivity index (χ0n) is 8.97. The standard InChI is InChI=1S/C11H15F2N3/c12-9-6-10(13)11(14)5-8(9)7-16-3-1-15-2-4-16/h5-6,15H,1-4,7,14H2. The minimum absolute atomic E-state index is 0.00605. The maximum absolute atomic E-state index is 13.4. The molecular weight excluding hydrogens is 212 g/mol. The Morgan fingerprint density at radius 1 is 1.19 bits per heavy atom. The average molecular weight is 227 g/mol. The Morgan fingerprint density at radius 2 is 1.88 bits per heavy atom. The van der Waals surface area contributed by atoms with Gasteiger partial charge in [0.05, 0.1) is 5.69 Å². The molecule has 1 fully saturated rings. The summed E-state index contributed by atoms with van der Waals surface area (Å²) in [5.74, 6) is -1.22. The fourth-order valence-electron chi connectivity index (χ4n) is 1.84. The topological polar surface area (TPSA) is 41.3 Å². The van der Waals surface area contributed by atoms with Gasteiger partial charge in [0, 0.05) is 44.4 Å². The van der Waals surface area contributed by atoms with Gasteiger partial charge in [-0.1, -0.05) is 0 Å². The quantitative estimate of drug-likeness (QED) is 0.739. The van der Waals surface area contributed by atoms with E-state index in [9.17, 15) is 8.78 Å². The highest BCUT2D eigenvalue weighted by Gasteiger charge is 2.14. The first kappa shape index (κ1) is 11.3. The van der Waals surface area contributed by atoms with E-state index in [2.05, 4.69) is 10.2 Å². The molecular formula is C11H15F2N3. The molecule has 0 saturated carbocycles. The number of nitrogens with zero attached hydrogens (tertiary/aromatic N) is 1. The predicted molar refractivity (Wildman–Crippen MR) is 58.9 cm³/mol. The van der Waals surface area contributed by atoms with E-state index in [1.54, 1.807) is 0 Å². The molecule has 1 aromatic rings. The van der Waals surface area contributed by atoms with Crippen molar-refractivity contribution in [3.8, 4) is 0 Å². The van der Waals surface area contributed by atoms with Crippen molar-refractivity contribution in [1.82, 2.24) is 10.2 Å². The number of nitrogen functional groups attached to an aromatic ring is 1. The highest BCUT2D eigenvalue weighted by Crippen LogP contribution is 2.18. The second kappa shape index (κ2) is 4.76. The molecule has 0 spiro atoms. The molecule has 0 bridgehead atoms. The van der Waals surface area contributed by atoms with Gasteiger partial charge in [-0.3, -0.25) is 4.90 Å². The first-order valence-corrected chi connectivity index (χ1v) is 5.33. The number of nitrogens with one attached hydrogen (secondary N) is 1. The summed E-state index contributed by atoms with van der Waals surface area (Å²) < 4.78 is 26.4. The van der Waals surface area contributed by atoms with Crippen molar-refractivity contribution >= 4 is 5.69 Å². The molecule has 1 heterocycles. The van der Waals surface area contributed by atoms with E-state index in [1.165, 1.54) is 6.07 Å². The molecule has 2 rings (SSSR count). The molecule has 3 N–H and O–H groups in total.